The van der Waals surface area contributed by atoms with Crippen molar-refractivity contribution in [2.75, 3.05) is 18.7 Å². The third-order valence-electron chi connectivity index (χ3n) is 4.03. The number of methoxy groups -OCH3 is 1. The Hall–Kier alpha value is -2.34. The van der Waals surface area contributed by atoms with Crippen LogP contribution in [0.1, 0.15) is 29.8 Å². The van der Waals surface area contributed by atoms with Gasteiger partial charge in [0, 0.05) is 12.6 Å². The minimum absolute atomic E-state index is 0.0558. The quantitative estimate of drug-likeness (QED) is 0.796. The molecule has 0 aliphatic carbocycles. The van der Waals surface area contributed by atoms with Gasteiger partial charge in [0.05, 0.1) is 13.8 Å². The van der Waals surface area contributed by atoms with Crippen molar-refractivity contribution >= 4 is 23.3 Å². The fourth-order valence-corrected chi connectivity index (χ4v) is 2.92. The van der Waals surface area contributed by atoms with Crippen LogP contribution in [0.4, 0.5) is 5.82 Å². The lowest BCUT2D eigenvalue weighted by Gasteiger charge is -2.39. The number of carbonyl (C=O) groups excluding carboxylic acids is 1. The second-order valence-corrected chi connectivity index (χ2v) is 6.28. The SMILES string of the molecule is COc1ccc(CN2CN(C(C)C)C(=O)c3c(Cl)ncnc32)cc1. The molecule has 6 nitrogen and oxygen atoms in total. The molecule has 7 heteroatoms. The molecule has 0 unspecified atom stereocenters. The summed E-state index contributed by atoms with van der Waals surface area (Å²) in [5, 5.41) is 0.190. The lowest BCUT2D eigenvalue weighted by Crippen LogP contribution is -2.50. The number of aromatic nitrogens is 2. The fourth-order valence-electron chi connectivity index (χ4n) is 2.71. The minimum Gasteiger partial charge on any atom is -0.497 e. The van der Waals surface area contributed by atoms with Crippen molar-refractivity contribution < 1.29 is 9.53 Å². The van der Waals surface area contributed by atoms with Gasteiger partial charge in [-0.05, 0) is 31.5 Å². The number of ether oxygens (including phenoxy) is 1. The van der Waals surface area contributed by atoms with E-state index in [0.717, 1.165) is 11.3 Å². The molecule has 126 valence electrons. The average Bonchev–Trinajstić information content (AvgIpc) is 2.57. The highest BCUT2D eigenvalue weighted by atomic mass is 35.5. The number of amides is 1. The van der Waals surface area contributed by atoms with E-state index in [1.54, 1.807) is 12.0 Å². The molecule has 1 aromatic carbocycles. The van der Waals surface area contributed by atoms with Gasteiger partial charge in [-0.2, -0.15) is 0 Å². The first-order valence-corrected chi connectivity index (χ1v) is 8.08. The summed E-state index contributed by atoms with van der Waals surface area (Å²) in [6.07, 6.45) is 1.39. The number of nitrogens with zero attached hydrogens (tertiary/aromatic N) is 4. The Labute approximate surface area is 146 Å². The topological polar surface area (TPSA) is 58.6 Å². The minimum atomic E-state index is -0.128. The molecule has 0 atom stereocenters. The summed E-state index contributed by atoms with van der Waals surface area (Å²) < 4.78 is 5.19. The van der Waals surface area contributed by atoms with Crippen molar-refractivity contribution in [1.82, 2.24) is 14.9 Å². The zero-order valence-electron chi connectivity index (χ0n) is 13.9. The summed E-state index contributed by atoms with van der Waals surface area (Å²) in [6, 6.07) is 7.88. The Kier molecular flexibility index (Phi) is 4.57. The largest absolute Gasteiger partial charge is 0.497 e. The third-order valence-corrected chi connectivity index (χ3v) is 4.32. The Bertz CT molecular complexity index is 749. The van der Waals surface area contributed by atoms with Crippen molar-refractivity contribution in [2.24, 2.45) is 0 Å². The molecule has 0 N–H and O–H groups in total. The number of fused-ring (bicyclic) bond motifs is 1. The van der Waals surface area contributed by atoms with E-state index in [9.17, 15) is 4.79 Å². The lowest BCUT2D eigenvalue weighted by atomic mass is 10.1. The highest BCUT2D eigenvalue weighted by Crippen LogP contribution is 2.31. The van der Waals surface area contributed by atoms with Gasteiger partial charge in [-0.1, -0.05) is 23.7 Å². The Balaban J connectivity index is 1.96. The maximum atomic E-state index is 12.7. The van der Waals surface area contributed by atoms with E-state index in [1.165, 1.54) is 6.33 Å². The van der Waals surface area contributed by atoms with E-state index >= 15 is 0 Å². The van der Waals surface area contributed by atoms with E-state index in [1.807, 2.05) is 43.0 Å². The summed E-state index contributed by atoms with van der Waals surface area (Å²) in [4.78, 5) is 24.7. The van der Waals surface area contributed by atoms with Crippen molar-refractivity contribution in [3.63, 3.8) is 0 Å². The third kappa shape index (κ3) is 3.01. The first kappa shape index (κ1) is 16.5. The normalized spacial score (nSPS) is 14.1. The van der Waals surface area contributed by atoms with Crippen LogP contribution in [0, 0.1) is 0 Å². The van der Waals surface area contributed by atoms with E-state index in [2.05, 4.69) is 9.97 Å². The number of halogens is 1. The Morgan fingerprint density at radius 3 is 2.58 bits per heavy atom. The molecule has 24 heavy (non-hydrogen) atoms. The summed E-state index contributed by atoms with van der Waals surface area (Å²) in [6.45, 7) is 5.03. The van der Waals surface area contributed by atoms with Gasteiger partial charge in [-0.15, -0.1) is 0 Å². The lowest BCUT2D eigenvalue weighted by molar-refractivity contribution is 0.0686. The van der Waals surface area contributed by atoms with Crippen molar-refractivity contribution in [1.29, 1.82) is 0 Å². The number of benzene rings is 1. The van der Waals surface area contributed by atoms with E-state index in [0.29, 0.717) is 24.6 Å². The van der Waals surface area contributed by atoms with Crippen LogP contribution in [-0.2, 0) is 6.54 Å². The van der Waals surface area contributed by atoms with Crippen molar-refractivity contribution in [2.45, 2.75) is 26.4 Å². The van der Waals surface area contributed by atoms with Crippen LogP contribution in [0.3, 0.4) is 0 Å². The average molecular weight is 347 g/mol. The van der Waals surface area contributed by atoms with Crippen LogP contribution < -0.4 is 9.64 Å². The predicted octanol–water partition coefficient (Wildman–Crippen LogP) is 2.97. The maximum absolute atomic E-state index is 12.7. The number of rotatable bonds is 4. The predicted molar refractivity (Wildman–Crippen MR) is 92.4 cm³/mol. The second kappa shape index (κ2) is 6.65. The molecular formula is C17H19ClN4O2. The monoisotopic (exact) mass is 346 g/mol. The van der Waals surface area contributed by atoms with Gasteiger partial charge in [0.2, 0.25) is 0 Å². The number of anilines is 1. The molecular weight excluding hydrogens is 328 g/mol. The molecule has 1 aromatic heterocycles. The smallest absolute Gasteiger partial charge is 0.262 e. The molecule has 1 aliphatic rings. The summed E-state index contributed by atoms with van der Waals surface area (Å²) in [5.74, 6) is 1.26. The van der Waals surface area contributed by atoms with Crippen molar-refractivity contribution in [3.8, 4) is 5.75 Å². The van der Waals surface area contributed by atoms with Crippen LogP contribution in [0.2, 0.25) is 5.15 Å². The summed E-state index contributed by atoms with van der Waals surface area (Å²) in [7, 11) is 1.64. The Morgan fingerprint density at radius 1 is 1.25 bits per heavy atom. The standard InChI is InChI=1S/C17H19ClN4O2/c1-11(2)22-10-21(8-12-4-6-13(24-3)7-5-12)16-14(17(22)23)15(18)19-9-20-16/h4-7,9,11H,8,10H2,1-3H3. The Morgan fingerprint density at radius 2 is 1.96 bits per heavy atom. The fraction of sp³-hybridized carbons (Fsp3) is 0.353. The van der Waals surface area contributed by atoms with Crippen LogP contribution in [0.25, 0.3) is 0 Å². The summed E-state index contributed by atoms with van der Waals surface area (Å²) >= 11 is 6.17. The van der Waals surface area contributed by atoms with Gasteiger partial charge >= 0.3 is 0 Å². The number of hydrogen-bond acceptors (Lipinski definition) is 5. The molecule has 1 aliphatic heterocycles. The van der Waals surface area contributed by atoms with Crippen LogP contribution >= 0.6 is 11.6 Å². The van der Waals surface area contributed by atoms with Gasteiger partial charge in [0.15, 0.2) is 0 Å². The van der Waals surface area contributed by atoms with E-state index in [-0.39, 0.29) is 17.1 Å². The molecule has 0 spiro atoms. The molecule has 0 fully saturated rings. The van der Waals surface area contributed by atoms with Gasteiger partial charge in [-0.3, -0.25) is 4.79 Å². The second-order valence-electron chi connectivity index (χ2n) is 5.92. The molecule has 0 bridgehead atoms. The van der Waals surface area contributed by atoms with Crippen molar-refractivity contribution in [3.05, 3.63) is 46.9 Å². The van der Waals surface area contributed by atoms with Gasteiger partial charge in [0.25, 0.3) is 5.91 Å². The van der Waals surface area contributed by atoms with Gasteiger partial charge < -0.3 is 14.5 Å². The zero-order valence-corrected chi connectivity index (χ0v) is 14.6. The van der Waals surface area contributed by atoms with Crippen LogP contribution in [-0.4, -0.2) is 40.6 Å². The van der Waals surface area contributed by atoms with Gasteiger partial charge in [0.1, 0.15) is 28.6 Å². The maximum Gasteiger partial charge on any atom is 0.262 e. The molecule has 3 rings (SSSR count). The van der Waals surface area contributed by atoms with Crippen LogP contribution in [0.15, 0.2) is 30.6 Å². The summed E-state index contributed by atoms with van der Waals surface area (Å²) in [5.41, 5.74) is 1.46. The number of carbonyl (C=O) groups is 1. The highest BCUT2D eigenvalue weighted by Gasteiger charge is 2.34. The molecule has 0 saturated heterocycles. The zero-order chi connectivity index (χ0) is 17.3. The molecule has 1 amide bonds. The van der Waals surface area contributed by atoms with Gasteiger partial charge in [-0.25, -0.2) is 9.97 Å². The highest BCUT2D eigenvalue weighted by molar-refractivity contribution is 6.33. The van der Waals surface area contributed by atoms with E-state index < -0.39 is 0 Å². The van der Waals surface area contributed by atoms with E-state index in [4.69, 9.17) is 16.3 Å². The molecule has 0 saturated carbocycles. The number of hydrogen-bond donors (Lipinski definition) is 0. The molecule has 2 aromatic rings. The molecule has 2 heterocycles. The first-order chi connectivity index (χ1) is 11.5. The molecule has 0 radical (unpaired) electrons. The first-order valence-electron chi connectivity index (χ1n) is 7.70. The van der Waals surface area contributed by atoms with Crippen LogP contribution in [0.5, 0.6) is 5.75 Å².